The number of likely N-dealkylation sites (tertiary alicyclic amines) is 1. The molecule has 0 saturated carbocycles. The first-order valence-electron chi connectivity index (χ1n) is 7.37. The largest absolute Gasteiger partial charge is 0.464 e. The Morgan fingerprint density at radius 2 is 1.83 bits per heavy atom. The van der Waals surface area contributed by atoms with Gasteiger partial charge in [-0.05, 0) is 49.9 Å². The molecule has 0 aliphatic carbocycles. The number of piperidine rings is 1. The highest BCUT2D eigenvalue weighted by Gasteiger charge is 2.22. The summed E-state index contributed by atoms with van der Waals surface area (Å²) in [6, 6.07) is 4.27. The first kappa shape index (κ1) is 13.7. The fourth-order valence-corrected chi connectivity index (χ4v) is 2.79. The summed E-state index contributed by atoms with van der Waals surface area (Å²) in [6.07, 6.45) is 2.69. The van der Waals surface area contributed by atoms with E-state index in [4.69, 9.17) is 4.42 Å². The first-order chi connectivity index (χ1) is 8.56. The molecule has 0 aromatic carbocycles. The van der Waals surface area contributed by atoms with Crippen molar-refractivity contribution in [1.82, 2.24) is 4.90 Å². The van der Waals surface area contributed by atoms with Gasteiger partial charge in [-0.15, -0.1) is 0 Å². The summed E-state index contributed by atoms with van der Waals surface area (Å²) in [4.78, 5) is 2.53. The third-order valence-electron chi connectivity index (χ3n) is 4.21. The quantitative estimate of drug-likeness (QED) is 0.792. The van der Waals surface area contributed by atoms with Crippen molar-refractivity contribution in [2.45, 2.75) is 53.0 Å². The van der Waals surface area contributed by atoms with Crippen molar-refractivity contribution in [2.24, 2.45) is 11.8 Å². The monoisotopic (exact) mass is 249 g/mol. The molecule has 2 nitrogen and oxygen atoms in total. The first-order valence-corrected chi connectivity index (χ1v) is 7.37. The summed E-state index contributed by atoms with van der Waals surface area (Å²) >= 11 is 0. The second kappa shape index (κ2) is 5.92. The SMILES string of the molecule is CC(C)c1ccc(CN2CCC(C(C)C)CC2)o1. The average Bonchev–Trinajstić information content (AvgIpc) is 2.78. The molecule has 1 saturated heterocycles. The lowest BCUT2D eigenvalue weighted by Gasteiger charge is -2.33. The average molecular weight is 249 g/mol. The van der Waals surface area contributed by atoms with Crippen molar-refractivity contribution < 1.29 is 4.42 Å². The molecule has 1 aromatic heterocycles. The van der Waals surface area contributed by atoms with E-state index >= 15 is 0 Å². The molecule has 1 fully saturated rings. The van der Waals surface area contributed by atoms with Gasteiger partial charge in [-0.1, -0.05) is 27.7 Å². The van der Waals surface area contributed by atoms with Crippen molar-refractivity contribution in [1.29, 1.82) is 0 Å². The summed E-state index contributed by atoms with van der Waals surface area (Å²) in [7, 11) is 0. The van der Waals surface area contributed by atoms with Gasteiger partial charge in [0.05, 0.1) is 6.54 Å². The molecule has 0 amide bonds. The molecular weight excluding hydrogens is 222 g/mol. The lowest BCUT2D eigenvalue weighted by atomic mass is 9.87. The predicted molar refractivity (Wildman–Crippen MR) is 75.6 cm³/mol. The van der Waals surface area contributed by atoms with Gasteiger partial charge >= 0.3 is 0 Å². The van der Waals surface area contributed by atoms with E-state index in [1.54, 1.807) is 0 Å². The van der Waals surface area contributed by atoms with Crippen molar-refractivity contribution in [3.63, 3.8) is 0 Å². The van der Waals surface area contributed by atoms with Crippen LogP contribution in [0.3, 0.4) is 0 Å². The minimum absolute atomic E-state index is 0.491. The van der Waals surface area contributed by atoms with Crippen molar-refractivity contribution in [3.8, 4) is 0 Å². The maximum atomic E-state index is 5.88. The molecule has 0 unspecified atom stereocenters. The Morgan fingerprint density at radius 1 is 1.17 bits per heavy atom. The maximum Gasteiger partial charge on any atom is 0.118 e. The second-order valence-electron chi connectivity index (χ2n) is 6.32. The lowest BCUT2D eigenvalue weighted by Crippen LogP contribution is -2.34. The van der Waals surface area contributed by atoms with Crippen LogP contribution in [0.25, 0.3) is 0 Å². The normalized spacial score (nSPS) is 19.0. The second-order valence-corrected chi connectivity index (χ2v) is 6.32. The standard InChI is InChI=1S/C16H27NO/c1-12(2)14-7-9-17(10-8-14)11-15-5-6-16(18-15)13(3)4/h5-6,12-14H,7-11H2,1-4H3. The Balaban J connectivity index is 1.84. The van der Waals surface area contributed by atoms with E-state index in [-0.39, 0.29) is 0 Å². The van der Waals surface area contributed by atoms with Crippen molar-refractivity contribution in [2.75, 3.05) is 13.1 Å². The highest BCUT2D eigenvalue weighted by atomic mass is 16.3. The molecule has 1 aromatic rings. The van der Waals surface area contributed by atoms with Crippen LogP contribution >= 0.6 is 0 Å². The number of hydrogen-bond donors (Lipinski definition) is 0. The van der Waals surface area contributed by atoms with E-state index in [0.29, 0.717) is 5.92 Å². The van der Waals surface area contributed by atoms with Gasteiger partial charge < -0.3 is 4.42 Å². The Morgan fingerprint density at radius 3 is 2.33 bits per heavy atom. The van der Waals surface area contributed by atoms with E-state index in [9.17, 15) is 0 Å². The zero-order chi connectivity index (χ0) is 13.1. The summed E-state index contributed by atoms with van der Waals surface area (Å²) < 4.78 is 5.88. The molecule has 1 aliphatic rings. The van der Waals surface area contributed by atoms with E-state index in [1.165, 1.54) is 25.9 Å². The maximum absolute atomic E-state index is 5.88. The number of hydrogen-bond acceptors (Lipinski definition) is 2. The third kappa shape index (κ3) is 3.38. The molecule has 0 bridgehead atoms. The van der Waals surface area contributed by atoms with E-state index in [1.807, 2.05) is 0 Å². The van der Waals surface area contributed by atoms with Crippen LogP contribution in [-0.4, -0.2) is 18.0 Å². The molecule has 0 atom stereocenters. The Labute approximate surface area is 111 Å². The minimum Gasteiger partial charge on any atom is -0.464 e. The lowest BCUT2D eigenvalue weighted by molar-refractivity contribution is 0.143. The molecule has 2 rings (SSSR count). The van der Waals surface area contributed by atoms with Gasteiger partial charge in [0.1, 0.15) is 11.5 Å². The molecule has 18 heavy (non-hydrogen) atoms. The van der Waals surface area contributed by atoms with Crippen LogP contribution in [0.4, 0.5) is 0 Å². The zero-order valence-corrected chi connectivity index (χ0v) is 12.3. The van der Waals surface area contributed by atoms with Crippen LogP contribution in [0.15, 0.2) is 16.5 Å². The minimum atomic E-state index is 0.491. The molecule has 0 spiro atoms. The summed E-state index contributed by atoms with van der Waals surface area (Å²) in [5, 5.41) is 0. The van der Waals surface area contributed by atoms with Gasteiger partial charge in [-0.3, -0.25) is 4.90 Å². The van der Waals surface area contributed by atoms with Crippen LogP contribution < -0.4 is 0 Å². The predicted octanol–water partition coefficient (Wildman–Crippen LogP) is 4.27. The van der Waals surface area contributed by atoms with Gasteiger partial charge in [0, 0.05) is 5.92 Å². The van der Waals surface area contributed by atoms with Gasteiger partial charge in [-0.25, -0.2) is 0 Å². The van der Waals surface area contributed by atoms with E-state index < -0.39 is 0 Å². The van der Waals surface area contributed by atoms with Gasteiger partial charge in [0.15, 0.2) is 0 Å². The van der Waals surface area contributed by atoms with Crippen LogP contribution in [0.5, 0.6) is 0 Å². The topological polar surface area (TPSA) is 16.4 Å². The van der Waals surface area contributed by atoms with Crippen LogP contribution in [0, 0.1) is 11.8 Å². The Kier molecular flexibility index (Phi) is 4.50. The summed E-state index contributed by atoms with van der Waals surface area (Å²) in [5.74, 6) is 4.49. The zero-order valence-electron chi connectivity index (χ0n) is 12.3. The van der Waals surface area contributed by atoms with Gasteiger partial charge in [0.25, 0.3) is 0 Å². The fourth-order valence-electron chi connectivity index (χ4n) is 2.79. The number of furan rings is 1. The molecule has 0 N–H and O–H groups in total. The summed E-state index contributed by atoms with van der Waals surface area (Å²) in [6.45, 7) is 12.5. The highest BCUT2D eigenvalue weighted by molar-refractivity contribution is 5.10. The van der Waals surface area contributed by atoms with Crippen LogP contribution in [0.1, 0.15) is 58.0 Å². The molecule has 102 valence electrons. The highest BCUT2D eigenvalue weighted by Crippen LogP contribution is 2.26. The van der Waals surface area contributed by atoms with Crippen LogP contribution in [0.2, 0.25) is 0 Å². The van der Waals surface area contributed by atoms with Gasteiger partial charge in [-0.2, -0.15) is 0 Å². The van der Waals surface area contributed by atoms with Gasteiger partial charge in [0.2, 0.25) is 0 Å². The number of rotatable bonds is 4. The molecule has 0 radical (unpaired) electrons. The van der Waals surface area contributed by atoms with Crippen LogP contribution in [-0.2, 0) is 6.54 Å². The molecule has 2 heteroatoms. The molecule has 1 aliphatic heterocycles. The van der Waals surface area contributed by atoms with Crippen molar-refractivity contribution >= 4 is 0 Å². The number of nitrogens with zero attached hydrogens (tertiary/aromatic N) is 1. The summed E-state index contributed by atoms with van der Waals surface area (Å²) in [5.41, 5.74) is 0. The third-order valence-corrected chi connectivity index (χ3v) is 4.21. The smallest absolute Gasteiger partial charge is 0.118 e. The van der Waals surface area contributed by atoms with E-state index in [0.717, 1.165) is 29.9 Å². The van der Waals surface area contributed by atoms with Crippen molar-refractivity contribution in [3.05, 3.63) is 23.7 Å². The Hall–Kier alpha value is -0.760. The fraction of sp³-hybridized carbons (Fsp3) is 0.750. The molecular formula is C16H27NO. The van der Waals surface area contributed by atoms with E-state index in [2.05, 4.69) is 44.7 Å². The molecule has 2 heterocycles. The Bertz CT molecular complexity index is 359.